The first-order chi connectivity index (χ1) is 11.5. The molecule has 0 saturated carbocycles. The molecule has 1 amide bonds. The van der Waals surface area contributed by atoms with Gasteiger partial charge in [-0.25, -0.2) is 13.1 Å². The molecule has 2 aromatic rings. The fourth-order valence-electron chi connectivity index (χ4n) is 1.96. The van der Waals surface area contributed by atoms with E-state index in [9.17, 15) is 26.4 Å². The highest BCUT2D eigenvalue weighted by molar-refractivity contribution is 7.89. The summed E-state index contributed by atoms with van der Waals surface area (Å²) in [5, 5.41) is 1.64. The van der Waals surface area contributed by atoms with Gasteiger partial charge in [0.1, 0.15) is 11.5 Å². The molecule has 0 spiro atoms. The van der Waals surface area contributed by atoms with Gasteiger partial charge in [0.15, 0.2) is 0 Å². The number of amides is 1. The quantitative estimate of drug-likeness (QED) is 0.839. The molecule has 0 aliphatic carbocycles. The molecule has 0 fully saturated rings. The predicted molar refractivity (Wildman–Crippen MR) is 83.3 cm³/mol. The number of carbonyl (C=O) groups is 1. The van der Waals surface area contributed by atoms with Crippen LogP contribution in [0.5, 0.6) is 0 Å². The molecule has 1 atom stereocenters. The van der Waals surface area contributed by atoms with Crippen LogP contribution in [0.15, 0.2) is 45.7 Å². The molecule has 6 nitrogen and oxygen atoms in total. The fraction of sp³-hybridized carbons (Fsp3) is 0.267. The Labute approximate surface area is 142 Å². The SMILES string of the molecule is Cc1ccc(C(C)NS(=O)(=O)c2ccc(NC(=O)C(F)(F)F)cc2)o1. The van der Waals surface area contributed by atoms with Crippen molar-refractivity contribution in [1.82, 2.24) is 4.72 Å². The summed E-state index contributed by atoms with van der Waals surface area (Å²) in [5.41, 5.74) is -0.170. The Morgan fingerprint density at radius 2 is 1.72 bits per heavy atom. The fourth-order valence-corrected chi connectivity index (χ4v) is 3.18. The van der Waals surface area contributed by atoms with E-state index in [4.69, 9.17) is 4.42 Å². The minimum Gasteiger partial charge on any atom is -0.465 e. The van der Waals surface area contributed by atoms with E-state index in [1.54, 1.807) is 31.3 Å². The van der Waals surface area contributed by atoms with Crippen LogP contribution in [0, 0.1) is 6.92 Å². The van der Waals surface area contributed by atoms with Crippen molar-refractivity contribution in [3.63, 3.8) is 0 Å². The second kappa shape index (κ2) is 6.89. The lowest BCUT2D eigenvalue weighted by Gasteiger charge is -2.13. The molecule has 1 heterocycles. The maximum Gasteiger partial charge on any atom is 0.471 e. The van der Waals surface area contributed by atoms with Crippen LogP contribution in [0.3, 0.4) is 0 Å². The zero-order chi connectivity index (χ0) is 18.8. The smallest absolute Gasteiger partial charge is 0.465 e. The lowest BCUT2D eigenvalue weighted by molar-refractivity contribution is -0.167. The van der Waals surface area contributed by atoms with Crippen molar-refractivity contribution in [3.05, 3.63) is 47.9 Å². The molecular weight excluding hydrogens is 361 g/mol. The largest absolute Gasteiger partial charge is 0.471 e. The van der Waals surface area contributed by atoms with Gasteiger partial charge in [-0.3, -0.25) is 4.79 Å². The van der Waals surface area contributed by atoms with E-state index in [2.05, 4.69) is 4.72 Å². The first-order valence-corrected chi connectivity index (χ1v) is 8.54. The molecule has 136 valence electrons. The van der Waals surface area contributed by atoms with Gasteiger partial charge in [0, 0.05) is 5.69 Å². The van der Waals surface area contributed by atoms with E-state index in [1.165, 1.54) is 0 Å². The number of rotatable bonds is 5. The Morgan fingerprint density at radius 3 is 2.20 bits per heavy atom. The zero-order valence-corrected chi connectivity index (χ0v) is 14.0. The number of carbonyl (C=O) groups excluding carboxylic acids is 1. The maximum atomic E-state index is 12.3. The summed E-state index contributed by atoms with van der Waals surface area (Å²) in [6.07, 6.45) is -5.02. The number of benzene rings is 1. The van der Waals surface area contributed by atoms with Gasteiger partial charge in [-0.05, 0) is 50.2 Å². The van der Waals surface area contributed by atoms with Crippen molar-refractivity contribution in [2.24, 2.45) is 0 Å². The molecule has 1 unspecified atom stereocenters. The standard InChI is InChI=1S/C15H15F3N2O4S/c1-9-3-8-13(24-9)10(2)20-25(22,23)12-6-4-11(5-7-12)19-14(21)15(16,17)18/h3-8,10,20H,1-2H3,(H,19,21). The number of alkyl halides is 3. The third-order valence-electron chi connectivity index (χ3n) is 3.20. The van der Waals surface area contributed by atoms with Crippen LogP contribution in [-0.2, 0) is 14.8 Å². The van der Waals surface area contributed by atoms with E-state index < -0.39 is 28.1 Å². The molecule has 1 aromatic heterocycles. The van der Waals surface area contributed by atoms with Crippen molar-refractivity contribution in [3.8, 4) is 0 Å². The average molecular weight is 376 g/mol. The Hall–Kier alpha value is -2.33. The highest BCUT2D eigenvalue weighted by Crippen LogP contribution is 2.22. The van der Waals surface area contributed by atoms with Crippen LogP contribution in [0.1, 0.15) is 24.5 Å². The van der Waals surface area contributed by atoms with E-state index in [1.807, 2.05) is 0 Å². The molecule has 0 radical (unpaired) electrons. The molecule has 25 heavy (non-hydrogen) atoms. The summed E-state index contributed by atoms with van der Waals surface area (Å²) in [7, 11) is -3.92. The van der Waals surface area contributed by atoms with Crippen LogP contribution >= 0.6 is 0 Å². The van der Waals surface area contributed by atoms with Crippen LogP contribution in [0.2, 0.25) is 0 Å². The number of halogens is 3. The van der Waals surface area contributed by atoms with Crippen LogP contribution in [0.25, 0.3) is 0 Å². The second-order valence-electron chi connectivity index (χ2n) is 5.27. The molecule has 0 bridgehead atoms. The number of anilines is 1. The minimum absolute atomic E-state index is 0.160. The summed E-state index contributed by atoms with van der Waals surface area (Å²) in [6, 6.07) is 7.02. The summed E-state index contributed by atoms with van der Waals surface area (Å²) >= 11 is 0. The van der Waals surface area contributed by atoms with E-state index in [0.29, 0.717) is 11.5 Å². The highest BCUT2D eigenvalue weighted by Gasteiger charge is 2.38. The normalized spacial score (nSPS) is 13.5. The number of furan rings is 1. The minimum atomic E-state index is -5.02. The Kier molecular flexibility index (Phi) is 5.23. The van der Waals surface area contributed by atoms with Gasteiger partial charge >= 0.3 is 12.1 Å². The molecule has 0 aliphatic rings. The van der Waals surface area contributed by atoms with Crippen molar-refractivity contribution < 1.29 is 30.8 Å². The monoisotopic (exact) mass is 376 g/mol. The van der Waals surface area contributed by atoms with Crippen LogP contribution < -0.4 is 10.0 Å². The Balaban J connectivity index is 2.11. The van der Waals surface area contributed by atoms with Crippen molar-refractivity contribution >= 4 is 21.6 Å². The van der Waals surface area contributed by atoms with Crippen molar-refractivity contribution in [2.45, 2.75) is 31.0 Å². The Bertz CT molecular complexity index is 858. The first-order valence-electron chi connectivity index (χ1n) is 7.06. The summed E-state index contributed by atoms with van der Waals surface area (Å²) in [4.78, 5) is 10.7. The summed E-state index contributed by atoms with van der Waals surface area (Å²) in [5.74, 6) is -1.08. The van der Waals surface area contributed by atoms with Crippen LogP contribution in [-0.4, -0.2) is 20.5 Å². The first kappa shape index (κ1) is 19.0. The number of aryl methyl sites for hydroxylation is 1. The van der Waals surface area contributed by atoms with Gasteiger partial charge in [0.2, 0.25) is 10.0 Å². The predicted octanol–water partition coefficient (Wildman–Crippen LogP) is 3.13. The third-order valence-corrected chi connectivity index (χ3v) is 4.76. The van der Waals surface area contributed by atoms with Gasteiger partial charge in [-0.15, -0.1) is 0 Å². The average Bonchev–Trinajstić information content (AvgIpc) is 2.93. The second-order valence-corrected chi connectivity index (χ2v) is 6.98. The number of sulfonamides is 1. The molecule has 0 aliphatic heterocycles. The van der Waals surface area contributed by atoms with Crippen LogP contribution in [0.4, 0.5) is 18.9 Å². The van der Waals surface area contributed by atoms with E-state index in [-0.39, 0.29) is 10.6 Å². The summed E-state index contributed by atoms with van der Waals surface area (Å²) in [6.45, 7) is 3.31. The number of hydrogen-bond acceptors (Lipinski definition) is 4. The lowest BCUT2D eigenvalue weighted by atomic mass is 10.3. The van der Waals surface area contributed by atoms with E-state index >= 15 is 0 Å². The zero-order valence-electron chi connectivity index (χ0n) is 13.2. The molecule has 2 N–H and O–H groups in total. The molecule has 1 aromatic carbocycles. The number of hydrogen-bond donors (Lipinski definition) is 2. The van der Waals surface area contributed by atoms with Gasteiger partial charge in [0.05, 0.1) is 10.9 Å². The highest BCUT2D eigenvalue weighted by atomic mass is 32.2. The molecular formula is C15H15F3N2O4S. The van der Waals surface area contributed by atoms with Gasteiger partial charge in [-0.2, -0.15) is 13.2 Å². The molecule has 0 saturated heterocycles. The van der Waals surface area contributed by atoms with Crippen molar-refractivity contribution in [1.29, 1.82) is 0 Å². The topological polar surface area (TPSA) is 88.4 Å². The maximum absolute atomic E-state index is 12.3. The lowest BCUT2D eigenvalue weighted by Crippen LogP contribution is -2.30. The van der Waals surface area contributed by atoms with Gasteiger partial charge < -0.3 is 9.73 Å². The molecule has 10 heteroatoms. The number of nitrogens with one attached hydrogen (secondary N) is 2. The Morgan fingerprint density at radius 1 is 1.12 bits per heavy atom. The molecule has 2 rings (SSSR count). The van der Waals surface area contributed by atoms with E-state index in [0.717, 1.165) is 24.3 Å². The van der Waals surface area contributed by atoms with Gasteiger partial charge in [0.25, 0.3) is 0 Å². The third kappa shape index (κ3) is 4.83. The summed E-state index contributed by atoms with van der Waals surface area (Å²) < 4.78 is 68.9. The van der Waals surface area contributed by atoms with Crippen molar-refractivity contribution in [2.75, 3.05) is 5.32 Å². The van der Waals surface area contributed by atoms with Gasteiger partial charge in [-0.1, -0.05) is 0 Å².